The van der Waals surface area contributed by atoms with Crippen LogP contribution >= 0.6 is 0 Å². The van der Waals surface area contributed by atoms with Crippen molar-refractivity contribution in [3.8, 4) is 5.88 Å². The Morgan fingerprint density at radius 2 is 1.96 bits per heavy atom. The smallest absolute Gasteiger partial charge is 0.415 e. The summed E-state index contributed by atoms with van der Waals surface area (Å²) in [5, 5.41) is 35.5. The van der Waals surface area contributed by atoms with Crippen molar-refractivity contribution < 1.29 is 60.7 Å². The molecule has 0 radical (unpaired) electrons. The highest BCUT2D eigenvalue weighted by molar-refractivity contribution is 7.91. The van der Waals surface area contributed by atoms with E-state index in [0.29, 0.717) is 11.0 Å². The first-order valence-corrected chi connectivity index (χ1v) is 15.2. The largest absolute Gasteiger partial charge is 0.459 e. The number of esters is 1. The van der Waals surface area contributed by atoms with E-state index in [1.807, 2.05) is 0 Å². The summed E-state index contributed by atoms with van der Waals surface area (Å²) in [5.41, 5.74) is -1.25. The van der Waals surface area contributed by atoms with E-state index in [4.69, 9.17) is 19.3 Å². The van der Waals surface area contributed by atoms with E-state index in [1.54, 1.807) is 13.0 Å². The molecular weight excluding hydrogens is 644 g/mol. The molecular formula is C26H29F2N5O12S. The zero-order chi connectivity index (χ0) is 33.6. The maximum atomic E-state index is 14.4. The molecule has 3 aromatic rings. The second kappa shape index (κ2) is 14.3. The quantitative estimate of drug-likeness (QED) is 0.152. The molecule has 17 nitrogen and oxygen atoms in total. The number of hydrogen-bond donors (Lipinski definition) is 3. The lowest BCUT2D eigenvalue weighted by molar-refractivity contribution is -0.832. The van der Waals surface area contributed by atoms with Gasteiger partial charge in [0.1, 0.15) is 24.6 Å². The number of anilines is 1. The predicted molar refractivity (Wildman–Crippen MR) is 146 cm³/mol. The van der Waals surface area contributed by atoms with Crippen LogP contribution < -0.4 is 20.6 Å². The lowest BCUT2D eigenvalue weighted by atomic mass is 10.1. The molecule has 1 aromatic carbocycles. The van der Waals surface area contributed by atoms with Gasteiger partial charge in [0, 0.05) is 12.6 Å². The molecule has 0 saturated carbocycles. The first-order chi connectivity index (χ1) is 21.8. The third-order valence-electron chi connectivity index (χ3n) is 6.64. The number of halogens is 2. The van der Waals surface area contributed by atoms with Gasteiger partial charge in [0.25, 0.3) is 9.84 Å². The van der Waals surface area contributed by atoms with Gasteiger partial charge in [0.05, 0.1) is 23.1 Å². The molecule has 4 rings (SSSR count). The Balaban J connectivity index is 1.31. The highest BCUT2D eigenvalue weighted by atomic mass is 32.2. The van der Waals surface area contributed by atoms with Crippen molar-refractivity contribution in [3.05, 3.63) is 58.3 Å². The molecule has 1 aliphatic heterocycles. The van der Waals surface area contributed by atoms with E-state index in [-0.39, 0.29) is 22.0 Å². The van der Waals surface area contributed by atoms with Gasteiger partial charge in [-0.1, -0.05) is 31.5 Å². The van der Waals surface area contributed by atoms with Crippen molar-refractivity contribution in [3.63, 3.8) is 0 Å². The average molecular weight is 674 g/mol. The van der Waals surface area contributed by atoms with Gasteiger partial charge >= 0.3 is 28.5 Å². The number of rotatable bonds is 14. The highest BCUT2D eigenvalue weighted by Crippen LogP contribution is 2.42. The zero-order valence-electron chi connectivity index (χ0n) is 24.0. The first-order valence-electron chi connectivity index (χ1n) is 13.7. The number of nitrogens with zero attached hydrogens (tertiary/aromatic N) is 4. The lowest BCUT2D eigenvalue weighted by Crippen LogP contribution is -2.41. The molecule has 4 atom stereocenters. The standard InChI is InChI=1S/C26H29F2N5O12S/c1-2-6-15(14-42-22-23(33(39)45-31-22)46(40,41)16-7-4-3-5-8-16)43-20(36)10-9-19(35)29-18-11-12-32(25(38)30-18)24-26(27,28)21(37)17(13-34)44-24/h3-5,7-8,11-12,15,17,21,24,34,37H,2,6,9-10,13-14H2,1H3,(H,29,30,35,38)/t15?,17-,21-,24-/m1/s1. The van der Waals surface area contributed by atoms with E-state index >= 15 is 0 Å². The normalized spacial score (nSPS) is 19.8. The molecule has 0 bridgehead atoms. The van der Waals surface area contributed by atoms with E-state index in [1.165, 1.54) is 24.3 Å². The SMILES string of the molecule is CCCC(COc1no[n+]([O-])c1S(=O)(=O)c1ccccc1)OC(=O)CCC(=O)Nc1ccn([C@@H]2O[C@H](CO)[C@@H](O)C2(F)F)c(=O)n1. The van der Waals surface area contributed by atoms with Gasteiger partial charge in [-0.2, -0.15) is 13.8 Å². The Bertz CT molecular complexity index is 1700. The van der Waals surface area contributed by atoms with Gasteiger partial charge in [-0.3, -0.25) is 18.8 Å². The summed E-state index contributed by atoms with van der Waals surface area (Å²) >= 11 is 0. The first kappa shape index (κ1) is 34.3. The predicted octanol–water partition coefficient (Wildman–Crippen LogP) is 0.0930. The third-order valence-corrected chi connectivity index (χ3v) is 8.36. The van der Waals surface area contributed by atoms with E-state index in [0.717, 1.165) is 12.3 Å². The van der Waals surface area contributed by atoms with E-state index in [9.17, 15) is 41.9 Å². The molecule has 3 heterocycles. The van der Waals surface area contributed by atoms with Crippen molar-refractivity contribution in [2.45, 2.75) is 73.0 Å². The number of carbonyl (C=O) groups excluding carboxylic acids is 2. The second-order valence-corrected chi connectivity index (χ2v) is 11.8. The Kier molecular flexibility index (Phi) is 10.7. The fraction of sp³-hybridized carbons (Fsp3) is 0.462. The number of aliphatic hydroxyl groups is 2. The Morgan fingerprint density at radius 3 is 2.59 bits per heavy atom. The molecule has 1 aliphatic rings. The lowest BCUT2D eigenvalue weighted by Gasteiger charge is -2.21. The number of amides is 1. The summed E-state index contributed by atoms with van der Waals surface area (Å²) in [6, 6.07) is 8.04. The number of nitrogens with one attached hydrogen (secondary N) is 1. The average Bonchev–Trinajstić information content (AvgIpc) is 3.51. The molecule has 3 N–H and O–H groups in total. The van der Waals surface area contributed by atoms with Gasteiger partial charge in [-0.15, -0.1) is 0 Å². The topological polar surface area (TPSA) is 236 Å². The van der Waals surface area contributed by atoms with E-state index < -0.39 is 94.8 Å². The van der Waals surface area contributed by atoms with Gasteiger partial charge in [-0.25, -0.2) is 13.2 Å². The minimum Gasteiger partial charge on any atom is -0.459 e. The number of ether oxygens (including phenoxy) is 3. The van der Waals surface area contributed by atoms with Crippen LogP contribution in [-0.4, -0.2) is 82.7 Å². The highest BCUT2D eigenvalue weighted by Gasteiger charge is 2.59. The minimum absolute atomic E-state index is 0.209. The molecule has 1 amide bonds. The zero-order valence-corrected chi connectivity index (χ0v) is 24.8. The van der Waals surface area contributed by atoms with Gasteiger partial charge in [0.15, 0.2) is 6.10 Å². The number of aromatic nitrogens is 4. The summed E-state index contributed by atoms with van der Waals surface area (Å²) in [7, 11) is -4.37. The van der Waals surface area contributed by atoms with Crippen LogP contribution in [0, 0.1) is 5.21 Å². The number of benzene rings is 1. The third kappa shape index (κ3) is 7.46. The molecule has 1 fully saturated rings. The summed E-state index contributed by atoms with van der Waals surface area (Å²) in [6.45, 7) is 0.451. The van der Waals surface area contributed by atoms with Crippen LogP contribution in [0.25, 0.3) is 0 Å². The van der Waals surface area contributed by atoms with Crippen molar-refractivity contribution >= 4 is 27.5 Å². The van der Waals surface area contributed by atoms with Gasteiger partial charge in [-0.05, 0) is 29.5 Å². The van der Waals surface area contributed by atoms with Crippen molar-refractivity contribution in [1.82, 2.24) is 14.7 Å². The summed E-state index contributed by atoms with van der Waals surface area (Å²) < 4.78 is 75.0. The summed E-state index contributed by atoms with van der Waals surface area (Å²) in [4.78, 5) is 40.2. The maximum absolute atomic E-state index is 14.4. The number of aliphatic hydroxyl groups excluding tert-OH is 2. The molecule has 2 aromatic heterocycles. The van der Waals surface area contributed by atoms with E-state index in [2.05, 4.69) is 20.1 Å². The van der Waals surface area contributed by atoms with Crippen molar-refractivity contribution in [1.29, 1.82) is 0 Å². The fourth-order valence-electron chi connectivity index (χ4n) is 4.36. The van der Waals surface area contributed by atoms with Crippen LogP contribution in [0.5, 0.6) is 5.88 Å². The number of hydrogen-bond acceptors (Lipinski definition) is 14. The number of sulfone groups is 1. The molecule has 20 heteroatoms. The van der Waals surface area contributed by atoms with Crippen LogP contribution in [0.4, 0.5) is 14.6 Å². The fourth-order valence-corrected chi connectivity index (χ4v) is 5.65. The van der Waals surface area contributed by atoms with Crippen LogP contribution in [0.2, 0.25) is 0 Å². The Labute approximate surface area is 258 Å². The van der Waals surface area contributed by atoms with Crippen LogP contribution in [0.1, 0.15) is 38.8 Å². The Hall–Kier alpha value is -4.53. The molecule has 250 valence electrons. The molecule has 0 spiro atoms. The number of carbonyl (C=O) groups is 2. The summed E-state index contributed by atoms with van der Waals surface area (Å²) in [6.07, 6.45) is -6.42. The number of alkyl halides is 2. The van der Waals surface area contributed by atoms with Gasteiger partial charge < -0.3 is 34.9 Å². The van der Waals surface area contributed by atoms with Crippen LogP contribution in [0.15, 0.2) is 61.9 Å². The maximum Gasteiger partial charge on any atom is 0.415 e. The molecule has 0 aliphatic carbocycles. The van der Waals surface area contributed by atoms with Crippen molar-refractivity contribution in [2.75, 3.05) is 18.5 Å². The minimum atomic E-state index is -4.37. The molecule has 1 unspecified atom stereocenters. The van der Waals surface area contributed by atoms with Crippen LogP contribution in [0.3, 0.4) is 0 Å². The van der Waals surface area contributed by atoms with Gasteiger partial charge in [0.2, 0.25) is 12.1 Å². The van der Waals surface area contributed by atoms with Crippen LogP contribution in [-0.2, 0) is 28.9 Å². The second-order valence-electron chi connectivity index (χ2n) is 9.95. The molecule has 46 heavy (non-hydrogen) atoms. The summed E-state index contributed by atoms with van der Waals surface area (Å²) in [5.74, 6) is -6.49. The Morgan fingerprint density at radius 1 is 1.24 bits per heavy atom. The van der Waals surface area contributed by atoms with Crippen molar-refractivity contribution in [2.24, 2.45) is 0 Å². The molecule has 1 saturated heterocycles. The monoisotopic (exact) mass is 673 g/mol.